The van der Waals surface area contributed by atoms with Crippen LogP contribution >= 0.6 is 11.8 Å². The molecular formula is C23H18F3N3OS. The molecule has 0 amide bonds. The van der Waals surface area contributed by atoms with Crippen molar-refractivity contribution in [3.63, 3.8) is 0 Å². The van der Waals surface area contributed by atoms with Crippen LogP contribution in [0.5, 0.6) is 0 Å². The lowest BCUT2D eigenvalue weighted by molar-refractivity contribution is -0.139. The van der Waals surface area contributed by atoms with Gasteiger partial charge in [0.2, 0.25) is 0 Å². The van der Waals surface area contributed by atoms with Gasteiger partial charge in [0.15, 0.2) is 0 Å². The third kappa shape index (κ3) is 5.02. The van der Waals surface area contributed by atoms with E-state index in [0.717, 1.165) is 17.8 Å². The number of alkyl halides is 3. The Kier molecular flexibility index (Phi) is 6.59. The number of hydrogen-bond donors (Lipinski definition) is 3. The van der Waals surface area contributed by atoms with E-state index >= 15 is 0 Å². The van der Waals surface area contributed by atoms with E-state index in [1.165, 1.54) is 30.3 Å². The second-order valence-electron chi connectivity index (χ2n) is 6.60. The summed E-state index contributed by atoms with van der Waals surface area (Å²) < 4.78 is 40.0. The van der Waals surface area contributed by atoms with Gasteiger partial charge in [0, 0.05) is 10.6 Å². The van der Waals surface area contributed by atoms with Gasteiger partial charge in [0.1, 0.15) is 12.2 Å². The topological polar surface area (TPSA) is 96.1 Å². The van der Waals surface area contributed by atoms with E-state index in [4.69, 9.17) is 11.5 Å². The molecule has 0 aliphatic rings. The van der Waals surface area contributed by atoms with Crippen LogP contribution in [0, 0.1) is 11.3 Å². The highest BCUT2D eigenvalue weighted by Gasteiger charge is 2.35. The second kappa shape index (κ2) is 9.16. The summed E-state index contributed by atoms with van der Waals surface area (Å²) in [5, 5.41) is 20.5. The van der Waals surface area contributed by atoms with E-state index < -0.39 is 17.8 Å². The van der Waals surface area contributed by atoms with Gasteiger partial charge in [-0.05, 0) is 41.0 Å². The van der Waals surface area contributed by atoms with Crippen molar-refractivity contribution in [1.82, 2.24) is 0 Å². The van der Waals surface area contributed by atoms with Gasteiger partial charge in [-0.15, -0.1) is 0 Å². The average Bonchev–Trinajstić information content (AvgIpc) is 2.75. The van der Waals surface area contributed by atoms with E-state index in [-0.39, 0.29) is 21.7 Å². The van der Waals surface area contributed by atoms with Crippen molar-refractivity contribution in [2.75, 3.05) is 5.73 Å². The summed E-state index contributed by atoms with van der Waals surface area (Å²) in [6.45, 7) is 0. The third-order valence-corrected chi connectivity index (χ3v) is 5.56. The van der Waals surface area contributed by atoms with Crippen molar-refractivity contribution in [3.8, 4) is 6.07 Å². The normalized spacial score (nSPS) is 13.3. The van der Waals surface area contributed by atoms with Gasteiger partial charge in [0.05, 0.1) is 16.2 Å². The molecule has 0 fully saturated rings. The molecule has 0 bridgehead atoms. The van der Waals surface area contributed by atoms with Crippen LogP contribution < -0.4 is 11.5 Å². The maximum absolute atomic E-state index is 13.3. The van der Waals surface area contributed by atoms with Crippen LogP contribution in [0.2, 0.25) is 0 Å². The summed E-state index contributed by atoms with van der Waals surface area (Å²) in [5.74, 6) is 0. The summed E-state index contributed by atoms with van der Waals surface area (Å²) in [6, 6.07) is 20.0. The molecule has 0 aromatic heterocycles. The first kappa shape index (κ1) is 22.3. The fourth-order valence-corrected chi connectivity index (χ4v) is 3.88. The lowest BCUT2D eigenvalue weighted by Gasteiger charge is -2.18. The predicted molar refractivity (Wildman–Crippen MR) is 115 cm³/mol. The minimum absolute atomic E-state index is 0.131. The molecule has 3 rings (SSSR count). The molecule has 1 unspecified atom stereocenters. The molecule has 0 radical (unpaired) electrons. The van der Waals surface area contributed by atoms with E-state index in [1.54, 1.807) is 36.4 Å². The van der Waals surface area contributed by atoms with Crippen molar-refractivity contribution in [2.24, 2.45) is 5.73 Å². The molecule has 1 atom stereocenters. The molecule has 31 heavy (non-hydrogen) atoms. The Morgan fingerprint density at radius 1 is 1.00 bits per heavy atom. The van der Waals surface area contributed by atoms with Gasteiger partial charge in [-0.25, -0.2) is 0 Å². The van der Waals surface area contributed by atoms with E-state index in [0.29, 0.717) is 16.1 Å². The van der Waals surface area contributed by atoms with E-state index in [1.807, 2.05) is 6.07 Å². The maximum atomic E-state index is 13.3. The van der Waals surface area contributed by atoms with Crippen LogP contribution in [0.4, 0.5) is 18.9 Å². The third-order valence-electron chi connectivity index (χ3n) is 4.55. The van der Waals surface area contributed by atoms with Crippen LogP contribution in [0.3, 0.4) is 0 Å². The molecule has 3 aromatic rings. The van der Waals surface area contributed by atoms with Gasteiger partial charge in [-0.1, -0.05) is 60.3 Å². The van der Waals surface area contributed by atoms with Gasteiger partial charge >= 0.3 is 6.18 Å². The van der Waals surface area contributed by atoms with E-state index in [9.17, 15) is 23.5 Å². The average molecular weight is 441 g/mol. The molecule has 8 heteroatoms. The van der Waals surface area contributed by atoms with Crippen molar-refractivity contribution >= 4 is 23.0 Å². The summed E-state index contributed by atoms with van der Waals surface area (Å²) in [7, 11) is 0. The van der Waals surface area contributed by atoms with Crippen LogP contribution in [0.1, 0.15) is 28.4 Å². The number of nitriles is 1. The maximum Gasteiger partial charge on any atom is 0.416 e. The molecule has 5 N–H and O–H groups in total. The van der Waals surface area contributed by atoms with Gasteiger partial charge in [-0.3, -0.25) is 0 Å². The van der Waals surface area contributed by atoms with Crippen molar-refractivity contribution in [2.45, 2.75) is 17.2 Å². The Morgan fingerprint density at radius 3 is 2.35 bits per heavy atom. The number of thioether (sulfide) groups is 1. The highest BCUT2D eigenvalue weighted by atomic mass is 32.2. The summed E-state index contributed by atoms with van der Waals surface area (Å²) in [5.41, 5.74) is 12.1. The van der Waals surface area contributed by atoms with Crippen molar-refractivity contribution in [3.05, 3.63) is 100 Å². The molecule has 0 saturated heterocycles. The number of allylic oxidation sites excluding steroid dienone is 1. The van der Waals surface area contributed by atoms with Crippen molar-refractivity contribution < 1.29 is 18.3 Å². The molecule has 3 aromatic carbocycles. The van der Waals surface area contributed by atoms with Gasteiger partial charge < -0.3 is 16.6 Å². The Labute approximate surface area is 181 Å². The van der Waals surface area contributed by atoms with Crippen LogP contribution in [-0.4, -0.2) is 5.11 Å². The molecule has 0 aliphatic heterocycles. The Hall–Kier alpha value is -3.41. The number of nitrogen functional groups attached to an aromatic ring is 1. The fourth-order valence-electron chi connectivity index (χ4n) is 3.04. The largest absolute Gasteiger partial charge is 0.416 e. The number of benzene rings is 3. The zero-order chi connectivity index (χ0) is 22.6. The lowest BCUT2D eigenvalue weighted by atomic mass is 9.94. The second-order valence-corrected chi connectivity index (χ2v) is 7.69. The Morgan fingerprint density at radius 2 is 1.68 bits per heavy atom. The minimum Gasteiger partial charge on any atom is -0.398 e. The first-order valence-electron chi connectivity index (χ1n) is 9.09. The minimum atomic E-state index is -4.61. The van der Waals surface area contributed by atoms with Crippen LogP contribution in [0.15, 0.2) is 82.7 Å². The van der Waals surface area contributed by atoms with Crippen molar-refractivity contribution in [1.29, 1.82) is 5.26 Å². The number of nitrogens with two attached hydrogens (primary N) is 2. The highest BCUT2D eigenvalue weighted by Crippen LogP contribution is 2.37. The smallest absolute Gasteiger partial charge is 0.398 e. The highest BCUT2D eigenvalue weighted by molar-refractivity contribution is 8.03. The Bertz CT molecular complexity index is 1170. The number of aliphatic hydroxyl groups is 1. The number of para-hydroxylation sites is 1. The molecule has 0 aliphatic carbocycles. The fraction of sp³-hybridized carbons (Fsp3) is 0.0870. The van der Waals surface area contributed by atoms with Crippen LogP contribution in [-0.2, 0) is 6.18 Å². The Balaban J connectivity index is 1.99. The zero-order valence-corrected chi connectivity index (χ0v) is 16.9. The molecule has 0 spiro atoms. The molecular weight excluding hydrogens is 423 g/mol. The number of aliphatic hydroxyl groups excluding tert-OH is 1. The zero-order valence-electron chi connectivity index (χ0n) is 16.1. The van der Waals surface area contributed by atoms with Crippen LogP contribution in [0.25, 0.3) is 5.57 Å². The molecule has 4 nitrogen and oxygen atoms in total. The first-order chi connectivity index (χ1) is 14.7. The standard InChI is InChI=1S/C23H18F3N3OS/c24-23(25,26)18-9-2-1-8-16(18)21(30)15-7-5-6-14(12-15)17(13-27)22(29)31-20-11-4-3-10-19(20)28/h1-12,21,30H,28-29H2/b22-17+. The lowest BCUT2D eigenvalue weighted by Crippen LogP contribution is -2.12. The number of halogens is 3. The van der Waals surface area contributed by atoms with Gasteiger partial charge in [-0.2, -0.15) is 18.4 Å². The molecule has 0 heterocycles. The number of nitrogens with zero attached hydrogens (tertiary/aromatic N) is 1. The summed E-state index contributed by atoms with van der Waals surface area (Å²) in [6.07, 6.45) is -6.14. The molecule has 158 valence electrons. The number of rotatable bonds is 5. The van der Waals surface area contributed by atoms with E-state index in [2.05, 4.69) is 0 Å². The summed E-state index contributed by atoms with van der Waals surface area (Å²) in [4.78, 5) is 0.669. The first-order valence-corrected chi connectivity index (χ1v) is 9.90. The number of hydrogen-bond acceptors (Lipinski definition) is 5. The predicted octanol–water partition coefficient (Wildman–Crippen LogP) is 5.31. The SMILES string of the molecule is N#C/C(=C(/N)Sc1ccccc1N)c1cccc(C(O)c2ccccc2C(F)(F)F)c1. The monoisotopic (exact) mass is 441 g/mol. The number of anilines is 1. The molecule has 0 saturated carbocycles. The quantitative estimate of drug-likeness (QED) is 0.283. The van der Waals surface area contributed by atoms with Gasteiger partial charge in [0.25, 0.3) is 0 Å². The summed E-state index contributed by atoms with van der Waals surface area (Å²) >= 11 is 1.11.